The molecular weight excluding hydrogens is 280 g/mol. The zero-order valence-corrected chi connectivity index (χ0v) is 13.3. The van der Waals surface area contributed by atoms with Crippen LogP contribution in [0.2, 0.25) is 0 Å². The van der Waals surface area contributed by atoms with Gasteiger partial charge in [-0.25, -0.2) is 4.79 Å². The molecule has 3 rings (SSSR count). The molecule has 5 heteroatoms. The number of ether oxygens (including phenoxy) is 2. The highest BCUT2D eigenvalue weighted by molar-refractivity contribution is 5.90. The topological polar surface area (TPSA) is 50.8 Å². The van der Waals surface area contributed by atoms with E-state index in [1.165, 1.54) is 25.7 Å². The lowest BCUT2D eigenvalue weighted by atomic mass is 9.82. The summed E-state index contributed by atoms with van der Waals surface area (Å²) in [6.07, 6.45) is 5.16. The lowest BCUT2D eigenvalue weighted by molar-refractivity contribution is 0.220. The highest BCUT2D eigenvalue weighted by Gasteiger charge is 2.36. The smallest absolute Gasteiger partial charge is 0.321 e. The van der Waals surface area contributed by atoms with E-state index in [2.05, 4.69) is 5.32 Å². The van der Waals surface area contributed by atoms with Crippen molar-refractivity contribution in [1.29, 1.82) is 0 Å². The first-order valence-corrected chi connectivity index (χ1v) is 7.99. The zero-order chi connectivity index (χ0) is 15.5. The van der Waals surface area contributed by atoms with Crippen molar-refractivity contribution < 1.29 is 14.3 Å². The van der Waals surface area contributed by atoms with Crippen LogP contribution in [0, 0.1) is 11.8 Å². The van der Waals surface area contributed by atoms with E-state index in [9.17, 15) is 4.79 Å². The first kappa shape index (κ1) is 15.0. The number of likely N-dealkylation sites (tertiary alicyclic amines) is 1. The second-order valence-corrected chi connectivity index (χ2v) is 6.21. The van der Waals surface area contributed by atoms with Crippen molar-refractivity contribution in [3.8, 4) is 11.5 Å². The maximum absolute atomic E-state index is 12.5. The molecule has 1 saturated heterocycles. The molecule has 0 aromatic heterocycles. The number of urea groups is 1. The van der Waals surface area contributed by atoms with Gasteiger partial charge < -0.3 is 19.7 Å². The van der Waals surface area contributed by atoms with Gasteiger partial charge in [-0.15, -0.1) is 0 Å². The van der Waals surface area contributed by atoms with Gasteiger partial charge in [-0.05, 0) is 36.8 Å². The minimum Gasteiger partial charge on any atom is -0.493 e. The fourth-order valence-corrected chi connectivity index (χ4v) is 3.69. The fraction of sp³-hybridized carbons (Fsp3) is 0.588. The van der Waals surface area contributed by atoms with Crippen LogP contribution in [0.15, 0.2) is 18.2 Å². The molecule has 2 unspecified atom stereocenters. The Kier molecular flexibility index (Phi) is 4.41. The Hall–Kier alpha value is -1.91. The molecule has 0 bridgehead atoms. The third kappa shape index (κ3) is 2.98. The average Bonchev–Trinajstić information content (AvgIpc) is 2.99. The van der Waals surface area contributed by atoms with E-state index in [-0.39, 0.29) is 6.03 Å². The second-order valence-electron chi connectivity index (χ2n) is 6.21. The number of rotatable bonds is 3. The quantitative estimate of drug-likeness (QED) is 0.931. The number of hydrogen-bond donors (Lipinski definition) is 1. The molecule has 1 heterocycles. The summed E-state index contributed by atoms with van der Waals surface area (Å²) in [5.41, 5.74) is 0.734. The molecule has 2 fully saturated rings. The van der Waals surface area contributed by atoms with Gasteiger partial charge in [-0.1, -0.05) is 12.8 Å². The summed E-state index contributed by atoms with van der Waals surface area (Å²) < 4.78 is 10.5. The van der Waals surface area contributed by atoms with E-state index in [4.69, 9.17) is 9.47 Å². The molecule has 1 N–H and O–H groups in total. The molecule has 22 heavy (non-hydrogen) atoms. The van der Waals surface area contributed by atoms with Gasteiger partial charge in [0.25, 0.3) is 0 Å². The van der Waals surface area contributed by atoms with E-state index in [0.29, 0.717) is 23.3 Å². The number of nitrogens with one attached hydrogen (secondary N) is 1. The molecule has 5 nitrogen and oxygen atoms in total. The summed E-state index contributed by atoms with van der Waals surface area (Å²) >= 11 is 0. The summed E-state index contributed by atoms with van der Waals surface area (Å²) in [5.74, 6) is 2.68. The molecule has 2 amide bonds. The zero-order valence-electron chi connectivity index (χ0n) is 13.3. The van der Waals surface area contributed by atoms with E-state index in [1.807, 2.05) is 11.0 Å². The van der Waals surface area contributed by atoms with Crippen LogP contribution in [0.25, 0.3) is 0 Å². The van der Waals surface area contributed by atoms with Crippen LogP contribution in [-0.4, -0.2) is 38.2 Å². The van der Waals surface area contributed by atoms with Gasteiger partial charge >= 0.3 is 6.03 Å². The van der Waals surface area contributed by atoms with Crippen molar-refractivity contribution in [2.24, 2.45) is 11.8 Å². The number of hydrogen-bond acceptors (Lipinski definition) is 3. The number of fused-ring (bicyclic) bond motifs is 1. The number of methoxy groups -OCH3 is 2. The van der Waals surface area contributed by atoms with Crippen molar-refractivity contribution in [1.82, 2.24) is 4.90 Å². The number of carbonyl (C=O) groups excluding carboxylic acids is 1. The van der Waals surface area contributed by atoms with E-state index < -0.39 is 0 Å². The summed E-state index contributed by atoms with van der Waals surface area (Å²) in [5, 5.41) is 2.97. The normalized spacial score (nSPS) is 23.8. The SMILES string of the molecule is COc1ccc(NC(=O)N2CC3CCCCC3C2)cc1OC. The van der Waals surface area contributed by atoms with Gasteiger partial charge in [-0.2, -0.15) is 0 Å². The number of benzene rings is 1. The second kappa shape index (κ2) is 6.46. The first-order valence-electron chi connectivity index (χ1n) is 7.99. The maximum Gasteiger partial charge on any atom is 0.321 e. The van der Waals surface area contributed by atoms with Crippen LogP contribution >= 0.6 is 0 Å². The van der Waals surface area contributed by atoms with Crippen molar-refractivity contribution in [2.75, 3.05) is 32.6 Å². The standard InChI is InChI=1S/C17H24N2O3/c1-21-15-8-7-14(9-16(15)22-2)18-17(20)19-10-12-5-3-4-6-13(12)11-19/h7-9,12-13H,3-6,10-11H2,1-2H3,(H,18,20). The third-order valence-corrected chi connectivity index (χ3v) is 4.90. The Morgan fingerprint density at radius 2 is 1.73 bits per heavy atom. The molecule has 0 radical (unpaired) electrons. The summed E-state index contributed by atoms with van der Waals surface area (Å²) in [6, 6.07) is 5.42. The Morgan fingerprint density at radius 3 is 2.32 bits per heavy atom. The monoisotopic (exact) mass is 304 g/mol. The third-order valence-electron chi connectivity index (χ3n) is 4.90. The number of amides is 2. The first-order chi connectivity index (χ1) is 10.7. The molecule has 1 aromatic rings. The van der Waals surface area contributed by atoms with Crippen LogP contribution < -0.4 is 14.8 Å². The van der Waals surface area contributed by atoms with Crippen LogP contribution in [0.4, 0.5) is 10.5 Å². The van der Waals surface area contributed by atoms with Gasteiger partial charge in [0.05, 0.1) is 14.2 Å². The Bertz CT molecular complexity index is 533. The number of nitrogens with zero attached hydrogens (tertiary/aromatic N) is 1. The molecule has 2 aliphatic rings. The molecule has 1 aromatic carbocycles. The Balaban J connectivity index is 1.64. The van der Waals surface area contributed by atoms with Crippen LogP contribution in [0.5, 0.6) is 11.5 Å². The molecule has 1 aliphatic heterocycles. The van der Waals surface area contributed by atoms with E-state index in [0.717, 1.165) is 18.8 Å². The van der Waals surface area contributed by atoms with Crippen molar-refractivity contribution in [3.05, 3.63) is 18.2 Å². The average molecular weight is 304 g/mol. The van der Waals surface area contributed by atoms with Gasteiger partial charge in [0, 0.05) is 24.8 Å². The van der Waals surface area contributed by atoms with Gasteiger partial charge in [0.15, 0.2) is 11.5 Å². The van der Waals surface area contributed by atoms with Crippen molar-refractivity contribution in [3.63, 3.8) is 0 Å². The predicted molar refractivity (Wildman–Crippen MR) is 85.6 cm³/mol. The Morgan fingerprint density at radius 1 is 1.09 bits per heavy atom. The number of carbonyl (C=O) groups is 1. The van der Waals surface area contributed by atoms with Crippen LogP contribution in [-0.2, 0) is 0 Å². The molecule has 120 valence electrons. The minimum absolute atomic E-state index is 0.0124. The minimum atomic E-state index is -0.0124. The fourth-order valence-electron chi connectivity index (χ4n) is 3.69. The highest BCUT2D eigenvalue weighted by atomic mass is 16.5. The maximum atomic E-state index is 12.5. The lowest BCUT2D eigenvalue weighted by Gasteiger charge is -2.22. The number of anilines is 1. The highest BCUT2D eigenvalue weighted by Crippen LogP contribution is 2.36. The molecule has 2 atom stereocenters. The molecule has 1 saturated carbocycles. The van der Waals surface area contributed by atoms with Gasteiger partial charge in [-0.3, -0.25) is 0 Å². The molecule has 0 spiro atoms. The predicted octanol–water partition coefficient (Wildman–Crippen LogP) is 3.36. The molecular formula is C17H24N2O3. The van der Waals surface area contributed by atoms with Crippen LogP contribution in [0.3, 0.4) is 0 Å². The Labute approximate surface area is 131 Å². The van der Waals surface area contributed by atoms with Crippen molar-refractivity contribution >= 4 is 11.7 Å². The van der Waals surface area contributed by atoms with Gasteiger partial charge in [0.2, 0.25) is 0 Å². The lowest BCUT2D eigenvalue weighted by Crippen LogP contribution is -2.33. The summed E-state index contributed by atoms with van der Waals surface area (Å²) in [6.45, 7) is 1.79. The molecule has 1 aliphatic carbocycles. The van der Waals surface area contributed by atoms with Gasteiger partial charge in [0.1, 0.15) is 0 Å². The van der Waals surface area contributed by atoms with E-state index in [1.54, 1.807) is 26.4 Å². The van der Waals surface area contributed by atoms with Crippen molar-refractivity contribution in [2.45, 2.75) is 25.7 Å². The van der Waals surface area contributed by atoms with E-state index >= 15 is 0 Å². The van der Waals surface area contributed by atoms with Crippen LogP contribution in [0.1, 0.15) is 25.7 Å². The summed E-state index contributed by atoms with van der Waals surface area (Å²) in [7, 11) is 3.19. The largest absolute Gasteiger partial charge is 0.493 e. The summed E-state index contributed by atoms with van der Waals surface area (Å²) in [4.78, 5) is 14.4.